The fraction of sp³-hybridized carbons (Fsp3) is 0.353. The topological polar surface area (TPSA) is 26.3 Å². The number of fused-ring (bicyclic) bond motifs is 1. The van der Waals surface area contributed by atoms with Gasteiger partial charge in [0.2, 0.25) is 8.32 Å². The van der Waals surface area contributed by atoms with Gasteiger partial charge < -0.3 is 4.43 Å². The summed E-state index contributed by atoms with van der Waals surface area (Å²) in [4.78, 5) is 11.1. The van der Waals surface area contributed by atoms with Crippen molar-refractivity contribution < 1.29 is 9.22 Å². The number of carbonyl (C=O) groups excluding carboxylic acids is 1. The summed E-state index contributed by atoms with van der Waals surface area (Å²) in [5, 5.41) is 2.18. The Morgan fingerprint density at radius 1 is 1.10 bits per heavy atom. The molecule has 2 rings (SSSR count). The maximum Gasteiger partial charge on any atom is 0.250 e. The summed E-state index contributed by atoms with van der Waals surface area (Å²) in [5.74, 6) is 0.860. The molecule has 20 heavy (non-hydrogen) atoms. The third-order valence-electron chi connectivity index (χ3n) is 4.19. The van der Waals surface area contributed by atoms with Crippen LogP contribution < -0.4 is 4.43 Å². The molecule has 0 atom stereocenters. The lowest BCUT2D eigenvalue weighted by molar-refractivity contribution is 0.112. The van der Waals surface area contributed by atoms with Crippen molar-refractivity contribution in [3.05, 3.63) is 42.0 Å². The predicted molar refractivity (Wildman–Crippen MR) is 87.2 cm³/mol. The van der Waals surface area contributed by atoms with E-state index in [1.165, 1.54) is 0 Å². The molecule has 0 aliphatic rings. The van der Waals surface area contributed by atoms with Crippen LogP contribution in [0.2, 0.25) is 18.1 Å². The standard InChI is InChI=1S/C17H22O2Si/c1-17(2,3)20(4,5)19-15-10-9-13-7-6-8-14(12-18)16(13)11-15/h6-12H,1-5H3. The smallest absolute Gasteiger partial charge is 0.250 e. The van der Waals surface area contributed by atoms with Crippen molar-refractivity contribution in [2.24, 2.45) is 0 Å². The van der Waals surface area contributed by atoms with Gasteiger partial charge in [0.05, 0.1) is 0 Å². The van der Waals surface area contributed by atoms with E-state index < -0.39 is 8.32 Å². The molecule has 0 heterocycles. The van der Waals surface area contributed by atoms with Crippen LogP contribution in [0.5, 0.6) is 5.75 Å². The van der Waals surface area contributed by atoms with E-state index in [9.17, 15) is 4.79 Å². The van der Waals surface area contributed by atoms with Gasteiger partial charge in [-0.15, -0.1) is 0 Å². The number of hydrogen-bond acceptors (Lipinski definition) is 2. The zero-order valence-electron chi connectivity index (χ0n) is 12.9. The van der Waals surface area contributed by atoms with Crippen molar-refractivity contribution in [3.8, 4) is 5.75 Å². The van der Waals surface area contributed by atoms with Crippen LogP contribution in [0.15, 0.2) is 36.4 Å². The van der Waals surface area contributed by atoms with E-state index >= 15 is 0 Å². The Morgan fingerprint density at radius 2 is 1.80 bits per heavy atom. The number of carbonyl (C=O) groups is 1. The molecule has 0 bridgehead atoms. The van der Waals surface area contributed by atoms with Crippen molar-refractivity contribution >= 4 is 25.4 Å². The molecule has 2 aromatic carbocycles. The molecule has 0 aliphatic heterocycles. The molecule has 0 unspecified atom stereocenters. The quantitative estimate of drug-likeness (QED) is 0.584. The summed E-state index contributed by atoms with van der Waals surface area (Å²) in [6.45, 7) is 11.1. The van der Waals surface area contributed by atoms with Crippen LogP contribution in [0.25, 0.3) is 10.8 Å². The molecular weight excluding hydrogens is 264 g/mol. The van der Waals surface area contributed by atoms with Crippen molar-refractivity contribution in [3.63, 3.8) is 0 Å². The summed E-state index contributed by atoms with van der Waals surface area (Å²) in [6.07, 6.45) is 0.901. The second kappa shape index (κ2) is 5.06. The minimum absolute atomic E-state index is 0.159. The zero-order valence-corrected chi connectivity index (χ0v) is 13.9. The van der Waals surface area contributed by atoms with Gasteiger partial charge in [-0.1, -0.05) is 45.0 Å². The van der Waals surface area contributed by atoms with Crippen LogP contribution in [-0.2, 0) is 0 Å². The van der Waals surface area contributed by atoms with E-state index in [4.69, 9.17) is 4.43 Å². The molecule has 0 amide bonds. The molecule has 0 spiro atoms. The first-order chi connectivity index (χ1) is 9.24. The fourth-order valence-corrected chi connectivity index (χ4v) is 2.91. The Balaban J connectivity index is 2.45. The lowest BCUT2D eigenvalue weighted by Crippen LogP contribution is -2.43. The summed E-state index contributed by atoms with van der Waals surface area (Å²) in [7, 11) is -1.85. The van der Waals surface area contributed by atoms with E-state index in [-0.39, 0.29) is 5.04 Å². The summed E-state index contributed by atoms with van der Waals surface area (Å²) in [6, 6.07) is 11.8. The summed E-state index contributed by atoms with van der Waals surface area (Å²) < 4.78 is 6.30. The molecule has 0 fully saturated rings. The average molecular weight is 286 g/mol. The molecule has 0 saturated heterocycles. The Hall–Kier alpha value is -1.61. The van der Waals surface area contributed by atoms with Gasteiger partial charge in [0.1, 0.15) is 5.75 Å². The summed E-state index contributed by atoms with van der Waals surface area (Å²) in [5.41, 5.74) is 0.711. The van der Waals surface area contributed by atoms with Gasteiger partial charge in [-0.3, -0.25) is 4.79 Å². The maximum absolute atomic E-state index is 11.1. The van der Waals surface area contributed by atoms with Crippen molar-refractivity contribution in [2.45, 2.75) is 38.9 Å². The van der Waals surface area contributed by atoms with E-state index in [1.54, 1.807) is 0 Å². The van der Waals surface area contributed by atoms with E-state index in [0.717, 1.165) is 22.8 Å². The lowest BCUT2D eigenvalue weighted by Gasteiger charge is -2.36. The van der Waals surface area contributed by atoms with Crippen LogP contribution >= 0.6 is 0 Å². The first kappa shape index (κ1) is 14.8. The van der Waals surface area contributed by atoms with Gasteiger partial charge in [-0.25, -0.2) is 0 Å². The van der Waals surface area contributed by atoms with E-state index in [0.29, 0.717) is 5.56 Å². The first-order valence-electron chi connectivity index (χ1n) is 6.91. The van der Waals surface area contributed by atoms with E-state index in [2.05, 4.69) is 33.9 Å². The third kappa shape index (κ3) is 2.78. The molecule has 0 aliphatic carbocycles. The molecule has 2 aromatic rings. The molecule has 0 radical (unpaired) electrons. The fourth-order valence-electron chi connectivity index (χ4n) is 1.89. The highest BCUT2D eigenvalue weighted by Crippen LogP contribution is 2.38. The number of aldehydes is 1. The maximum atomic E-state index is 11.1. The van der Waals surface area contributed by atoms with Gasteiger partial charge in [0.15, 0.2) is 6.29 Å². The highest BCUT2D eigenvalue weighted by atomic mass is 28.4. The zero-order chi connectivity index (χ0) is 15.0. The highest BCUT2D eigenvalue weighted by Gasteiger charge is 2.38. The predicted octanol–water partition coefficient (Wildman–Crippen LogP) is 5.04. The van der Waals surface area contributed by atoms with Crippen LogP contribution in [0.4, 0.5) is 0 Å². The Bertz CT molecular complexity index is 639. The second-order valence-electron chi connectivity index (χ2n) is 6.71. The van der Waals surface area contributed by atoms with Crippen molar-refractivity contribution in [2.75, 3.05) is 0 Å². The Morgan fingerprint density at radius 3 is 2.40 bits per heavy atom. The first-order valence-corrected chi connectivity index (χ1v) is 9.82. The minimum atomic E-state index is -1.85. The number of benzene rings is 2. The average Bonchev–Trinajstić information content (AvgIpc) is 2.36. The van der Waals surface area contributed by atoms with Crippen LogP contribution in [0.3, 0.4) is 0 Å². The van der Waals surface area contributed by atoms with Crippen molar-refractivity contribution in [1.29, 1.82) is 0 Å². The normalized spacial score (nSPS) is 12.4. The Kier molecular flexibility index (Phi) is 3.74. The SMILES string of the molecule is CC(C)(C)[Si](C)(C)Oc1ccc2cccc(C=O)c2c1. The molecule has 0 aromatic heterocycles. The molecule has 3 heteroatoms. The van der Waals surface area contributed by atoms with Gasteiger partial charge >= 0.3 is 0 Å². The largest absolute Gasteiger partial charge is 0.543 e. The second-order valence-corrected chi connectivity index (χ2v) is 11.4. The van der Waals surface area contributed by atoms with Crippen molar-refractivity contribution in [1.82, 2.24) is 0 Å². The summed E-state index contributed by atoms with van der Waals surface area (Å²) >= 11 is 0. The number of hydrogen-bond donors (Lipinski definition) is 0. The van der Waals surface area contributed by atoms with Gasteiger partial charge in [-0.05, 0) is 41.0 Å². The molecule has 2 nitrogen and oxygen atoms in total. The monoisotopic (exact) mass is 286 g/mol. The molecule has 106 valence electrons. The third-order valence-corrected chi connectivity index (χ3v) is 8.55. The Labute approximate surface area is 121 Å². The van der Waals surface area contributed by atoms with Gasteiger partial charge in [0.25, 0.3) is 0 Å². The van der Waals surface area contributed by atoms with Crippen LogP contribution in [0.1, 0.15) is 31.1 Å². The van der Waals surface area contributed by atoms with Crippen LogP contribution in [0, 0.1) is 0 Å². The van der Waals surface area contributed by atoms with Gasteiger partial charge in [0, 0.05) is 5.56 Å². The lowest BCUT2D eigenvalue weighted by atomic mass is 10.1. The molecule has 0 N–H and O–H groups in total. The highest BCUT2D eigenvalue weighted by molar-refractivity contribution is 6.74. The van der Waals surface area contributed by atoms with E-state index in [1.807, 2.05) is 36.4 Å². The molecular formula is C17H22O2Si. The van der Waals surface area contributed by atoms with Gasteiger partial charge in [-0.2, -0.15) is 0 Å². The minimum Gasteiger partial charge on any atom is -0.543 e. The van der Waals surface area contributed by atoms with Crippen LogP contribution in [-0.4, -0.2) is 14.6 Å². The number of rotatable bonds is 3. The molecule has 0 saturated carbocycles.